The molecule has 1 aliphatic rings. The number of piperidine rings is 1. The van der Waals surface area contributed by atoms with Crippen molar-refractivity contribution in [3.05, 3.63) is 22.7 Å². The zero-order valence-corrected chi connectivity index (χ0v) is 12.3. The van der Waals surface area contributed by atoms with Crippen molar-refractivity contribution in [2.24, 2.45) is 0 Å². The summed E-state index contributed by atoms with van der Waals surface area (Å²) < 4.78 is 29.1. The van der Waals surface area contributed by atoms with Gasteiger partial charge in [-0.2, -0.15) is 12.7 Å². The van der Waals surface area contributed by atoms with Gasteiger partial charge in [-0.1, -0.05) is 6.42 Å². The summed E-state index contributed by atoms with van der Waals surface area (Å²) in [5, 5.41) is 0. The standard InChI is InChI=1S/C11H16BrN3O2S/c12-10-5-4-9(13)8-11(10)14-18(16,17)15-6-2-1-3-7-15/h4-5,8,14H,1-3,6-7,13H2. The van der Waals surface area contributed by atoms with E-state index in [1.807, 2.05) is 0 Å². The molecule has 1 saturated heterocycles. The Morgan fingerprint density at radius 3 is 2.56 bits per heavy atom. The first-order chi connectivity index (χ1) is 8.49. The molecular weight excluding hydrogens is 318 g/mol. The molecule has 0 aromatic heterocycles. The topological polar surface area (TPSA) is 75.4 Å². The van der Waals surface area contributed by atoms with Gasteiger partial charge in [-0.25, -0.2) is 0 Å². The van der Waals surface area contributed by atoms with Crippen LogP contribution in [0, 0.1) is 0 Å². The SMILES string of the molecule is Nc1ccc(Br)c(NS(=O)(=O)N2CCCCC2)c1. The first-order valence-corrected chi connectivity index (χ1v) is 8.05. The fourth-order valence-electron chi connectivity index (χ4n) is 1.93. The van der Waals surface area contributed by atoms with Crippen LogP contribution in [-0.2, 0) is 10.2 Å². The Morgan fingerprint density at radius 1 is 1.22 bits per heavy atom. The van der Waals surface area contributed by atoms with Crippen LogP contribution < -0.4 is 10.5 Å². The average Bonchev–Trinajstić information content (AvgIpc) is 2.35. The van der Waals surface area contributed by atoms with E-state index in [1.165, 1.54) is 4.31 Å². The number of rotatable bonds is 3. The molecule has 0 unspecified atom stereocenters. The molecule has 1 aromatic carbocycles. The van der Waals surface area contributed by atoms with Crippen molar-refractivity contribution in [1.82, 2.24) is 4.31 Å². The Balaban J connectivity index is 2.18. The predicted octanol–water partition coefficient (Wildman–Crippen LogP) is 2.17. The number of anilines is 2. The summed E-state index contributed by atoms with van der Waals surface area (Å²) >= 11 is 3.31. The van der Waals surface area contributed by atoms with Gasteiger partial charge in [0, 0.05) is 23.2 Å². The van der Waals surface area contributed by atoms with Crippen molar-refractivity contribution in [3.8, 4) is 0 Å². The molecule has 7 heteroatoms. The van der Waals surface area contributed by atoms with Gasteiger partial charge in [0.05, 0.1) is 5.69 Å². The van der Waals surface area contributed by atoms with Crippen LogP contribution in [0.5, 0.6) is 0 Å². The van der Waals surface area contributed by atoms with Gasteiger partial charge in [-0.05, 0) is 47.0 Å². The van der Waals surface area contributed by atoms with E-state index in [-0.39, 0.29) is 0 Å². The summed E-state index contributed by atoms with van der Waals surface area (Å²) in [7, 11) is -3.48. The number of hydrogen-bond donors (Lipinski definition) is 2. The van der Waals surface area contributed by atoms with Crippen LogP contribution in [0.2, 0.25) is 0 Å². The zero-order valence-electron chi connectivity index (χ0n) is 9.89. The highest BCUT2D eigenvalue weighted by Crippen LogP contribution is 2.26. The highest BCUT2D eigenvalue weighted by molar-refractivity contribution is 9.10. The number of halogens is 1. The molecule has 3 N–H and O–H groups in total. The molecule has 0 radical (unpaired) electrons. The smallest absolute Gasteiger partial charge is 0.301 e. The average molecular weight is 334 g/mol. The molecule has 0 aliphatic carbocycles. The van der Waals surface area contributed by atoms with E-state index < -0.39 is 10.2 Å². The minimum atomic E-state index is -3.48. The largest absolute Gasteiger partial charge is 0.399 e. The second kappa shape index (κ2) is 5.46. The molecule has 18 heavy (non-hydrogen) atoms. The lowest BCUT2D eigenvalue weighted by molar-refractivity contribution is 0.349. The quantitative estimate of drug-likeness (QED) is 0.832. The molecule has 0 atom stereocenters. The summed E-state index contributed by atoms with van der Waals surface area (Å²) in [5.74, 6) is 0. The third kappa shape index (κ3) is 3.15. The number of hydrogen-bond acceptors (Lipinski definition) is 3. The van der Waals surface area contributed by atoms with E-state index in [4.69, 9.17) is 5.73 Å². The molecule has 100 valence electrons. The molecule has 0 bridgehead atoms. The van der Waals surface area contributed by atoms with Gasteiger partial charge < -0.3 is 5.73 Å². The molecule has 1 fully saturated rings. The Bertz CT molecular complexity index is 527. The molecule has 5 nitrogen and oxygen atoms in total. The minimum Gasteiger partial charge on any atom is -0.399 e. The van der Waals surface area contributed by atoms with Crippen LogP contribution in [-0.4, -0.2) is 25.8 Å². The number of nitrogens with two attached hydrogens (primary N) is 1. The van der Waals surface area contributed by atoms with Gasteiger partial charge in [-0.15, -0.1) is 0 Å². The molecule has 1 heterocycles. The molecular formula is C11H16BrN3O2S. The number of nitrogens with zero attached hydrogens (tertiary/aromatic N) is 1. The van der Waals surface area contributed by atoms with Crippen LogP contribution in [0.4, 0.5) is 11.4 Å². The normalized spacial score (nSPS) is 17.6. The zero-order chi connectivity index (χ0) is 13.2. The van der Waals surface area contributed by atoms with E-state index in [1.54, 1.807) is 18.2 Å². The summed E-state index contributed by atoms with van der Waals surface area (Å²) in [6, 6.07) is 5.04. The first-order valence-electron chi connectivity index (χ1n) is 5.82. The van der Waals surface area contributed by atoms with Crippen molar-refractivity contribution >= 4 is 37.5 Å². The number of benzene rings is 1. The fourth-order valence-corrected chi connectivity index (χ4v) is 3.72. The maximum absolute atomic E-state index is 12.2. The van der Waals surface area contributed by atoms with Crippen molar-refractivity contribution < 1.29 is 8.42 Å². The maximum Gasteiger partial charge on any atom is 0.301 e. The third-order valence-electron chi connectivity index (χ3n) is 2.88. The van der Waals surface area contributed by atoms with Crippen molar-refractivity contribution in [2.45, 2.75) is 19.3 Å². The van der Waals surface area contributed by atoms with Gasteiger partial charge >= 0.3 is 10.2 Å². The number of nitrogens with one attached hydrogen (secondary N) is 1. The van der Waals surface area contributed by atoms with Crippen LogP contribution in [0.3, 0.4) is 0 Å². The lowest BCUT2D eigenvalue weighted by Gasteiger charge is -2.26. The van der Waals surface area contributed by atoms with Crippen molar-refractivity contribution in [1.29, 1.82) is 0 Å². The summed E-state index contributed by atoms with van der Waals surface area (Å²) in [4.78, 5) is 0. The van der Waals surface area contributed by atoms with Crippen molar-refractivity contribution in [3.63, 3.8) is 0 Å². The fraction of sp³-hybridized carbons (Fsp3) is 0.455. The Kier molecular flexibility index (Phi) is 4.14. The van der Waals surface area contributed by atoms with E-state index in [2.05, 4.69) is 20.7 Å². The van der Waals surface area contributed by atoms with Gasteiger partial charge in [0.2, 0.25) is 0 Å². The molecule has 2 rings (SSSR count). The summed E-state index contributed by atoms with van der Waals surface area (Å²) in [6.07, 6.45) is 2.92. The monoisotopic (exact) mass is 333 g/mol. The Hall–Kier alpha value is -0.790. The highest BCUT2D eigenvalue weighted by Gasteiger charge is 2.24. The Morgan fingerprint density at radius 2 is 1.89 bits per heavy atom. The second-order valence-electron chi connectivity index (χ2n) is 4.31. The molecule has 1 aliphatic heterocycles. The Labute approximate surface area is 116 Å². The maximum atomic E-state index is 12.2. The van der Waals surface area contributed by atoms with Crippen LogP contribution >= 0.6 is 15.9 Å². The van der Waals surface area contributed by atoms with E-state index in [0.717, 1.165) is 19.3 Å². The van der Waals surface area contributed by atoms with E-state index in [0.29, 0.717) is 28.9 Å². The number of nitrogen functional groups attached to an aromatic ring is 1. The van der Waals surface area contributed by atoms with Gasteiger partial charge in [0.25, 0.3) is 0 Å². The van der Waals surface area contributed by atoms with Crippen molar-refractivity contribution in [2.75, 3.05) is 23.5 Å². The minimum absolute atomic E-state index is 0.473. The van der Waals surface area contributed by atoms with E-state index >= 15 is 0 Å². The third-order valence-corrected chi connectivity index (χ3v) is 5.10. The van der Waals surface area contributed by atoms with Gasteiger partial charge in [0.1, 0.15) is 0 Å². The van der Waals surface area contributed by atoms with Crippen LogP contribution in [0.1, 0.15) is 19.3 Å². The van der Waals surface area contributed by atoms with E-state index in [9.17, 15) is 8.42 Å². The molecule has 0 amide bonds. The lowest BCUT2D eigenvalue weighted by Crippen LogP contribution is -2.39. The van der Waals surface area contributed by atoms with Gasteiger partial charge in [0.15, 0.2) is 0 Å². The van der Waals surface area contributed by atoms with Crippen LogP contribution in [0.25, 0.3) is 0 Å². The summed E-state index contributed by atoms with van der Waals surface area (Å²) in [5.41, 5.74) is 6.65. The molecule has 0 spiro atoms. The lowest BCUT2D eigenvalue weighted by atomic mass is 10.2. The van der Waals surface area contributed by atoms with Gasteiger partial charge in [-0.3, -0.25) is 4.72 Å². The highest BCUT2D eigenvalue weighted by atomic mass is 79.9. The summed E-state index contributed by atoms with van der Waals surface area (Å²) in [6.45, 7) is 1.16. The first kappa shape index (κ1) is 13.6. The van der Waals surface area contributed by atoms with Crippen LogP contribution in [0.15, 0.2) is 22.7 Å². The predicted molar refractivity (Wildman–Crippen MR) is 76.5 cm³/mol. The second-order valence-corrected chi connectivity index (χ2v) is 6.83. The molecule has 0 saturated carbocycles. The molecule has 1 aromatic rings.